The van der Waals surface area contributed by atoms with E-state index in [1.165, 1.54) is 0 Å². The lowest BCUT2D eigenvalue weighted by atomic mass is 9.96. The molecule has 0 aliphatic heterocycles. The van der Waals surface area contributed by atoms with Gasteiger partial charge < -0.3 is 4.57 Å². The number of rotatable bonds is 4. The number of amides is 1. The molecule has 21 heavy (non-hydrogen) atoms. The summed E-state index contributed by atoms with van der Waals surface area (Å²) in [6.07, 6.45) is 11.1. The van der Waals surface area contributed by atoms with Gasteiger partial charge in [0.1, 0.15) is 6.54 Å². The van der Waals surface area contributed by atoms with Gasteiger partial charge in [-0.15, -0.1) is 0 Å². The fraction of sp³-hybridized carbons (Fsp3) is 0.312. The van der Waals surface area contributed by atoms with Crippen molar-refractivity contribution in [2.75, 3.05) is 0 Å². The van der Waals surface area contributed by atoms with Crippen molar-refractivity contribution in [2.24, 2.45) is 11.0 Å². The average molecular weight is 282 g/mol. The van der Waals surface area contributed by atoms with E-state index in [0.29, 0.717) is 5.92 Å². The topological polar surface area (TPSA) is 59.3 Å². The minimum absolute atomic E-state index is 0.138. The van der Waals surface area contributed by atoms with Gasteiger partial charge in [0.2, 0.25) is 0 Å². The Labute approximate surface area is 123 Å². The summed E-state index contributed by atoms with van der Waals surface area (Å²) in [6.45, 7) is 0.225. The molecule has 1 N–H and O–H groups in total. The van der Waals surface area contributed by atoms with Gasteiger partial charge in [0.05, 0.1) is 17.4 Å². The third kappa shape index (κ3) is 3.37. The molecule has 1 heterocycles. The zero-order valence-electron chi connectivity index (χ0n) is 11.8. The van der Waals surface area contributed by atoms with Crippen molar-refractivity contribution in [3.63, 3.8) is 0 Å². The van der Waals surface area contributed by atoms with Crippen molar-refractivity contribution in [2.45, 2.75) is 25.8 Å². The summed E-state index contributed by atoms with van der Waals surface area (Å²) in [5, 5.41) is 4.06. The minimum Gasteiger partial charge on any atom is -0.321 e. The number of carbonyl (C=O) groups excluding carboxylic acids is 1. The standard InChI is InChI=1S/C16H18N4O/c21-16(19-18-10-13-6-2-1-3-7-13)11-20-12-17-14-8-4-5-9-15(14)20/h1-2,4-5,8-10,12-13H,3,6-7,11H2,(H,19,21)/b18-10-/t13-/m1/s1. The molecule has 0 radical (unpaired) electrons. The largest absolute Gasteiger partial charge is 0.321 e. The SMILES string of the molecule is O=C(Cn1cnc2ccccc21)N/N=C\[C@@H]1CC=CCC1. The summed E-state index contributed by atoms with van der Waals surface area (Å²) < 4.78 is 1.82. The van der Waals surface area contributed by atoms with E-state index < -0.39 is 0 Å². The summed E-state index contributed by atoms with van der Waals surface area (Å²) in [6, 6.07) is 7.75. The van der Waals surface area contributed by atoms with Crippen LogP contribution in [0, 0.1) is 5.92 Å². The van der Waals surface area contributed by atoms with Gasteiger partial charge in [-0.25, -0.2) is 10.4 Å². The number of hydrazone groups is 1. The zero-order valence-corrected chi connectivity index (χ0v) is 11.8. The van der Waals surface area contributed by atoms with Crippen LogP contribution >= 0.6 is 0 Å². The van der Waals surface area contributed by atoms with Crippen molar-refractivity contribution >= 4 is 23.2 Å². The van der Waals surface area contributed by atoms with Crippen molar-refractivity contribution in [1.29, 1.82) is 0 Å². The summed E-state index contributed by atoms with van der Waals surface area (Å²) >= 11 is 0. The lowest BCUT2D eigenvalue weighted by molar-refractivity contribution is -0.121. The molecule has 2 aromatic rings. The molecule has 1 aromatic carbocycles. The van der Waals surface area contributed by atoms with E-state index in [0.717, 1.165) is 30.3 Å². The van der Waals surface area contributed by atoms with Crippen LogP contribution in [0.3, 0.4) is 0 Å². The number of carbonyl (C=O) groups is 1. The molecule has 0 saturated carbocycles. The van der Waals surface area contributed by atoms with E-state index in [-0.39, 0.29) is 12.5 Å². The lowest BCUT2D eigenvalue weighted by Gasteiger charge is -2.11. The Bertz CT molecular complexity index is 686. The molecule has 3 rings (SSSR count). The predicted octanol–water partition coefficient (Wildman–Crippen LogP) is 2.49. The average Bonchev–Trinajstić information content (AvgIpc) is 2.92. The third-order valence-electron chi connectivity index (χ3n) is 3.63. The van der Waals surface area contributed by atoms with Gasteiger partial charge in [-0.05, 0) is 37.3 Å². The fourth-order valence-corrected chi connectivity index (χ4v) is 2.49. The van der Waals surface area contributed by atoms with Gasteiger partial charge in [-0.3, -0.25) is 4.79 Å². The van der Waals surface area contributed by atoms with Crippen LogP contribution in [-0.2, 0) is 11.3 Å². The summed E-state index contributed by atoms with van der Waals surface area (Å²) in [7, 11) is 0. The Balaban J connectivity index is 1.56. The summed E-state index contributed by atoms with van der Waals surface area (Å²) in [5.74, 6) is 0.296. The van der Waals surface area contributed by atoms with E-state index in [9.17, 15) is 4.79 Å². The van der Waals surface area contributed by atoms with Crippen LogP contribution in [0.15, 0.2) is 47.8 Å². The second-order valence-corrected chi connectivity index (χ2v) is 5.22. The van der Waals surface area contributed by atoms with Gasteiger partial charge in [0.25, 0.3) is 5.91 Å². The maximum Gasteiger partial charge on any atom is 0.260 e. The van der Waals surface area contributed by atoms with Crippen LogP contribution in [0.4, 0.5) is 0 Å². The Kier molecular flexibility index (Phi) is 4.09. The number of hydrogen-bond donors (Lipinski definition) is 1. The third-order valence-corrected chi connectivity index (χ3v) is 3.63. The first-order valence-corrected chi connectivity index (χ1v) is 7.20. The first kappa shape index (κ1) is 13.5. The Hall–Kier alpha value is -2.43. The molecule has 1 amide bonds. The Morgan fingerprint density at radius 3 is 3.19 bits per heavy atom. The van der Waals surface area contributed by atoms with Gasteiger partial charge in [0.15, 0.2) is 0 Å². The van der Waals surface area contributed by atoms with E-state index in [1.54, 1.807) is 6.33 Å². The predicted molar refractivity (Wildman–Crippen MR) is 82.8 cm³/mol. The van der Waals surface area contributed by atoms with Gasteiger partial charge in [-0.2, -0.15) is 5.10 Å². The van der Waals surface area contributed by atoms with Crippen LogP contribution in [0.5, 0.6) is 0 Å². The highest BCUT2D eigenvalue weighted by Gasteiger charge is 2.08. The van der Waals surface area contributed by atoms with Crippen molar-refractivity contribution in [1.82, 2.24) is 15.0 Å². The van der Waals surface area contributed by atoms with Crippen LogP contribution < -0.4 is 5.43 Å². The second-order valence-electron chi connectivity index (χ2n) is 5.22. The first-order valence-electron chi connectivity index (χ1n) is 7.20. The molecule has 0 saturated heterocycles. The number of fused-ring (bicyclic) bond motifs is 1. The lowest BCUT2D eigenvalue weighted by Crippen LogP contribution is -2.23. The molecule has 5 heteroatoms. The molecular weight excluding hydrogens is 264 g/mol. The van der Waals surface area contributed by atoms with Crippen LogP contribution in [0.2, 0.25) is 0 Å². The monoisotopic (exact) mass is 282 g/mol. The molecule has 5 nitrogen and oxygen atoms in total. The molecule has 1 atom stereocenters. The number of hydrogen-bond acceptors (Lipinski definition) is 3. The highest BCUT2D eigenvalue weighted by atomic mass is 16.2. The smallest absolute Gasteiger partial charge is 0.260 e. The number of imidazole rings is 1. The maximum atomic E-state index is 11.9. The molecule has 108 valence electrons. The van der Waals surface area contributed by atoms with Gasteiger partial charge >= 0.3 is 0 Å². The van der Waals surface area contributed by atoms with Crippen molar-refractivity contribution < 1.29 is 4.79 Å². The quantitative estimate of drug-likeness (QED) is 0.532. The number of allylic oxidation sites excluding steroid dienone is 2. The van der Waals surface area contributed by atoms with Crippen LogP contribution in [0.1, 0.15) is 19.3 Å². The number of aromatic nitrogens is 2. The minimum atomic E-state index is -0.138. The van der Waals surface area contributed by atoms with E-state index in [4.69, 9.17) is 0 Å². The first-order chi connectivity index (χ1) is 10.3. The number of para-hydroxylation sites is 2. The highest BCUT2D eigenvalue weighted by molar-refractivity contribution is 5.80. The van der Waals surface area contributed by atoms with Crippen molar-refractivity contribution in [3.8, 4) is 0 Å². The summed E-state index contributed by atoms with van der Waals surface area (Å²) in [4.78, 5) is 16.2. The fourth-order valence-electron chi connectivity index (χ4n) is 2.49. The number of nitrogens with one attached hydrogen (secondary N) is 1. The van der Waals surface area contributed by atoms with Gasteiger partial charge in [-0.1, -0.05) is 24.3 Å². The van der Waals surface area contributed by atoms with Crippen LogP contribution in [0.25, 0.3) is 11.0 Å². The summed E-state index contributed by atoms with van der Waals surface area (Å²) in [5.41, 5.74) is 4.44. The number of nitrogens with zero attached hydrogens (tertiary/aromatic N) is 3. The molecule has 0 spiro atoms. The van der Waals surface area contributed by atoms with E-state index in [2.05, 4.69) is 27.7 Å². The molecule has 1 aromatic heterocycles. The Morgan fingerprint density at radius 1 is 1.43 bits per heavy atom. The molecule has 0 bridgehead atoms. The molecule has 0 fully saturated rings. The molecule has 1 aliphatic carbocycles. The number of benzene rings is 1. The molecular formula is C16H18N4O. The zero-order chi connectivity index (χ0) is 14.5. The second kappa shape index (κ2) is 6.35. The van der Waals surface area contributed by atoms with Crippen molar-refractivity contribution in [3.05, 3.63) is 42.7 Å². The maximum absolute atomic E-state index is 11.9. The molecule has 1 aliphatic rings. The van der Waals surface area contributed by atoms with E-state index >= 15 is 0 Å². The normalized spacial score (nSPS) is 18.4. The van der Waals surface area contributed by atoms with Crippen LogP contribution in [-0.4, -0.2) is 21.7 Å². The Morgan fingerprint density at radius 2 is 2.33 bits per heavy atom. The van der Waals surface area contributed by atoms with Gasteiger partial charge in [0, 0.05) is 6.21 Å². The highest BCUT2D eigenvalue weighted by Crippen LogP contribution is 2.15. The van der Waals surface area contributed by atoms with E-state index in [1.807, 2.05) is 35.0 Å². The molecule has 0 unspecified atom stereocenters.